The number of allylic oxidation sites excluding steroid dienone is 1. The zero-order chi connectivity index (χ0) is 23.8. The molecular formula is C25H28N2O5S. The molecule has 2 aliphatic rings. The number of ether oxygens (including phenoxy) is 1. The Morgan fingerprint density at radius 2 is 1.82 bits per heavy atom. The van der Waals surface area contributed by atoms with Crippen LogP contribution in [-0.4, -0.2) is 50.3 Å². The number of hydrogen-bond donors (Lipinski definition) is 2. The number of benzene rings is 2. The third-order valence-electron chi connectivity index (χ3n) is 5.99. The van der Waals surface area contributed by atoms with Gasteiger partial charge in [0.15, 0.2) is 15.6 Å². The average molecular weight is 469 g/mol. The van der Waals surface area contributed by atoms with Gasteiger partial charge in [-0.15, -0.1) is 0 Å². The first-order valence-electron chi connectivity index (χ1n) is 10.9. The van der Waals surface area contributed by atoms with Crippen LogP contribution >= 0.6 is 0 Å². The van der Waals surface area contributed by atoms with Gasteiger partial charge in [-0.3, -0.25) is 9.59 Å². The van der Waals surface area contributed by atoms with Crippen molar-refractivity contribution in [1.29, 1.82) is 0 Å². The van der Waals surface area contributed by atoms with Gasteiger partial charge in [0, 0.05) is 40.0 Å². The SMILES string of the molecule is COc1ccc2c(c1)/C(=C/C(=O)c1ccc(C(=O)NC3CCS(=O)(=O)C3)cc1)NC(C)(C)C2. The molecule has 7 nitrogen and oxygen atoms in total. The third kappa shape index (κ3) is 5.27. The average Bonchev–Trinajstić information content (AvgIpc) is 3.10. The minimum absolute atomic E-state index is 0.0293. The number of sulfone groups is 1. The van der Waals surface area contributed by atoms with Crippen LogP contribution in [0.25, 0.3) is 5.70 Å². The molecular weight excluding hydrogens is 440 g/mol. The number of fused-ring (bicyclic) bond motifs is 1. The summed E-state index contributed by atoms with van der Waals surface area (Å²) in [5.41, 5.74) is 3.44. The highest BCUT2D eigenvalue weighted by molar-refractivity contribution is 7.91. The number of nitrogens with one attached hydrogen (secondary N) is 2. The number of carbonyl (C=O) groups is 2. The van der Waals surface area contributed by atoms with Crippen LogP contribution < -0.4 is 15.4 Å². The van der Waals surface area contributed by atoms with Crippen molar-refractivity contribution >= 4 is 27.2 Å². The number of methoxy groups -OCH3 is 1. The molecule has 0 radical (unpaired) electrons. The van der Waals surface area contributed by atoms with Crippen LogP contribution in [0.1, 0.15) is 52.1 Å². The molecule has 1 saturated heterocycles. The third-order valence-corrected chi connectivity index (χ3v) is 7.76. The minimum atomic E-state index is -3.07. The molecule has 2 heterocycles. The maximum absolute atomic E-state index is 13.0. The summed E-state index contributed by atoms with van der Waals surface area (Å²) in [5.74, 6) is 0.265. The lowest BCUT2D eigenvalue weighted by atomic mass is 9.85. The molecule has 0 bridgehead atoms. The van der Waals surface area contributed by atoms with Crippen LogP contribution in [0.4, 0.5) is 0 Å². The van der Waals surface area contributed by atoms with E-state index in [1.54, 1.807) is 37.5 Å². The predicted molar refractivity (Wildman–Crippen MR) is 127 cm³/mol. The van der Waals surface area contributed by atoms with E-state index in [4.69, 9.17) is 4.74 Å². The zero-order valence-electron chi connectivity index (χ0n) is 19.0. The summed E-state index contributed by atoms with van der Waals surface area (Å²) in [7, 11) is -1.46. The van der Waals surface area contributed by atoms with Gasteiger partial charge in [0.2, 0.25) is 0 Å². The van der Waals surface area contributed by atoms with Gasteiger partial charge < -0.3 is 15.4 Å². The Bertz CT molecular complexity index is 1230. The first-order chi connectivity index (χ1) is 15.5. The molecule has 0 spiro atoms. The van der Waals surface area contributed by atoms with Gasteiger partial charge >= 0.3 is 0 Å². The van der Waals surface area contributed by atoms with Gasteiger partial charge in [-0.1, -0.05) is 18.2 Å². The lowest BCUT2D eigenvalue weighted by molar-refractivity contribution is 0.0940. The summed E-state index contributed by atoms with van der Waals surface area (Å²) in [4.78, 5) is 25.5. The van der Waals surface area contributed by atoms with Crippen molar-refractivity contribution in [1.82, 2.24) is 10.6 Å². The lowest BCUT2D eigenvalue weighted by Crippen LogP contribution is -2.43. The van der Waals surface area contributed by atoms with Crippen molar-refractivity contribution in [3.8, 4) is 5.75 Å². The second-order valence-electron chi connectivity index (χ2n) is 9.28. The molecule has 0 aliphatic carbocycles. The molecule has 33 heavy (non-hydrogen) atoms. The summed E-state index contributed by atoms with van der Waals surface area (Å²) < 4.78 is 28.5. The summed E-state index contributed by atoms with van der Waals surface area (Å²) in [6, 6.07) is 11.9. The fourth-order valence-corrected chi connectivity index (χ4v) is 6.00. The molecule has 4 rings (SSSR count). The Balaban J connectivity index is 1.52. The number of amides is 1. The Kier molecular flexibility index (Phi) is 6.05. The molecule has 1 unspecified atom stereocenters. The highest BCUT2D eigenvalue weighted by atomic mass is 32.2. The first-order valence-corrected chi connectivity index (χ1v) is 12.7. The van der Waals surface area contributed by atoms with Crippen molar-refractivity contribution in [3.63, 3.8) is 0 Å². The molecule has 2 aromatic carbocycles. The smallest absolute Gasteiger partial charge is 0.251 e. The van der Waals surface area contributed by atoms with Gasteiger partial charge in [-0.05, 0) is 56.5 Å². The van der Waals surface area contributed by atoms with E-state index >= 15 is 0 Å². The fourth-order valence-electron chi connectivity index (χ4n) is 4.33. The van der Waals surface area contributed by atoms with E-state index in [1.165, 1.54) is 0 Å². The second-order valence-corrected chi connectivity index (χ2v) is 11.5. The number of ketones is 1. The van der Waals surface area contributed by atoms with Crippen LogP contribution in [0.15, 0.2) is 48.5 Å². The minimum Gasteiger partial charge on any atom is -0.497 e. The predicted octanol–water partition coefficient (Wildman–Crippen LogP) is 2.76. The van der Waals surface area contributed by atoms with Crippen molar-refractivity contribution in [3.05, 3.63) is 70.8 Å². The summed E-state index contributed by atoms with van der Waals surface area (Å²) in [6.07, 6.45) is 2.83. The van der Waals surface area contributed by atoms with E-state index in [-0.39, 0.29) is 34.8 Å². The van der Waals surface area contributed by atoms with Crippen LogP contribution in [0.3, 0.4) is 0 Å². The Hall–Kier alpha value is -3.13. The van der Waals surface area contributed by atoms with E-state index in [0.717, 1.165) is 29.0 Å². The lowest BCUT2D eigenvalue weighted by Gasteiger charge is -2.35. The van der Waals surface area contributed by atoms with Crippen molar-refractivity contribution in [2.75, 3.05) is 18.6 Å². The van der Waals surface area contributed by atoms with Gasteiger partial charge in [0.1, 0.15) is 5.75 Å². The molecule has 1 atom stereocenters. The van der Waals surface area contributed by atoms with Crippen molar-refractivity contribution < 1.29 is 22.7 Å². The Labute approximate surface area is 194 Å². The van der Waals surface area contributed by atoms with Crippen LogP contribution in [0.2, 0.25) is 0 Å². The normalized spacial score (nSPS) is 21.7. The monoisotopic (exact) mass is 468 g/mol. The van der Waals surface area contributed by atoms with Crippen molar-refractivity contribution in [2.24, 2.45) is 0 Å². The quantitative estimate of drug-likeness (QED) is 0.517. The van der Waals surface area contributed by atoms with E-state index in [0.29, 0.717) is 17.5 Å². The number of carbonyl (C=O) groups excluding carboxylic acids is 2. The maximum Gasteiger partial charge on any atom is 0.251 e. The number of hydrogen-bond acceptors (Lipinski definition) is 6. The van der Waals surface area contributed by atoms with E-state index in [9.17, 15) is 18.0 Å². The van der Waals surface area contributed by atoms with Gasteiger partial charge in [-0.2, -0.15) is 0 Å². The molecule has 8 heteroatoms. The van der Waals surface area contributed by atoms with E-state index in [1.807, 2.05) is 18.2 Å². The summed E-state index contributed by atoms with van der Waals surface area (Å²) in [5, 5.41) is 6.21. The zero-order valence-corrected chi connectivity index (χ0v) is 19.8. The second kappa shape index (κ2) is 8.67. The molecule has 1 amide bonds. The molecule has 0 saturated carbocycles. The first kappa shape index (κ1) is 23.0. The highest BCUT2D eigenvalue weighted by Crippen LogP contribution is 2.32. The maximum atomic E-state index is 13.0. The fraction of sp³-hybridized carbons (Fsp3) is 0.360. The van der Waals surface area contributed by atoms with Gasteiger partial charge in [0.25, 0.3) is 5.91 Å². The molecule has 2 N–H and O–H groups in total. The van der Waals surface area contributed by atoms with Crippen LogP contribution in [0, 0.1) is 0 Å². The van der Waals surface area contributed by atoms with E-state index in [2.05, 4.69) is 24.5 Å². The van der Waals surface area contributed by atoms with Crippen LogP contribution in [0.5, 0.6) is 5.75 Å². The Morgan fingerprint density at radius 3 is 2.45 bits per heavy atom. The molecule has 2 aromatic rings. The van der Waals surface area contributed by atoms with Crippen molar-refractivity contribution in [2.45, 2.75) is 38.3 Å². The number of rotatable bonds is 5. The highest BCUT2D eigenvalue weighted by Gasteiger charge is 2.30. The topological polar surface area (TPSA) is 102 Å². The molecule has 174 valence electrons. The molecule has 0 aromatic heterocycles. The van der Waals surface area contributed by atoms with Crippen LogP contribution in [-0.2, 0) is 16.3 Å². The van der Waals surface area contributed by atoms with Gasteiger partial charge in [-0.25, -0.2) is 8.42 Å². The molecule has 2 aliphatic heterocycles. The van der Waals surface area contributed by atoms with E-state index < -0.39 is 9.84 Å². The largest absolute Gasteiger partial charge is 0.497 e. The summed E-state index contributed by atoms with van der Waals surface area (Å²) >= 11 is 0. The Morgan fingerprint density at radius 1 is 1.12 bits per heavy atom. The summed E-state index contributed by atoms with van der Waals surface area (Å²) in [6.45, 7) is 4.17. The molecule has 1 fully saturated rings. The van der Waals surface area contributed by atoms with Gasteiger partial charge in [0.05, 0.1) is 18.6 Å². The standard InChI is InChI=1S/C25H28N2O5S/c1-25(2)14-18-8-9-20(32-3)12-21(18)22(27-25)13-23(28)16-4-6-17(7-5-16)24(29)26-19-10-11-33(30,31)15-19/h4-9,12-13,19,27H,10-11,14-15H2,1-3H3,(H,26,29)/b22-13-.